The molecule has 2 rings (SSSR count). The van der Waals surface area contributed by atoms with E-state index in [9.17, 15) is 0 Å². The van der Waals surface area contributed by atoms with Gasteiger partial charge >= 0.3 is 0 Å². The minimum Gasteiger partial charge on any atom is -0.393 e. The van der Waals surface area contributed by atoms with E-state index in [1.165, 1.54) is 11.1 Å². The number of nitrogens with zero attached hydrogens (tertiary/aromatic N) is 1. The molecule has 3 heteroatoms. The van der Waals surface area contributed by atoms with Gasteiger partial charge in [0.25, 0.3) is 0 Å². The number of thiocarbonyl (C=S) groups is 1. The second-order valence-corrected chi connectivity index (χ2v) is 4.72. The molecule has 0 fully saturated rings. The van der Waals surface area contributed by atoms with Gasteiger partial charge in [-0.3, -0.25) is 4.90 Å². The molecule has 0 spiro atoms. The third-order valence-electron chi connectivity index (χ3n) is 2.99. The highest BCUT2D eigenvalue weighted by atomic mass is 32.1. The molecule has 1 aliphatic heterocycles. The Morgan fingerprint density at radius 3 is 2.40 bits per heavy atom. The van der Waals surface area contributed by atoms with E-state index in [-0.39, 0.29) is 0 Å². The van der Waals surface area contributed by atoms with Crippen LogP contribution in [0.1, 0.15) is 24.5 Å². The standard InChI is InChI=1S/C12H16N2S/c1-9(6-12(13)15)14-7-10-4-2-3-5-11(10)8-14/h2-5,9H,6-8H2,1H3,(H2,13,15). The van der Waals surface area contributed by atoms with Crippen molar-refractivity contribution in [2.24, 2.45) is 5.73 Å². The van der Waals surface area contributed by atoms with Crippen molar-refractivity contribution in [2.45, 2.75) is 32.5 Å². The van der Waals surface area contributed by atoms with Crippen LogP contribution in [0, 0.1) is 0 Å². The molecule has 1 unspecified atom stereocenters. The van der Waals surface area contributed by atoms with Crippen molar-refractivity contribution in [3.05, 3.63) is 35.4 Å². The zero-order valence-corrected chi connectivity index (χ0v) is 9.76. The average molecular weight is 220 g/mol. The van der Waals surface area contributed by atoms with Crippen LogP contribution in [0.25, 0.3) is 0 Å². The average Bonchev–Trinajstić information content (AvgIpc) is 2.59. The van der Waals surface area contributed by atoms with Gasteiger partial charge in [0.2, 0.25) is 0 Å². The van der Waals surface area contributed by atoms with Crippen LogP contribution in [0.5, 0.6) is 0 Å². The summed E-state index contributed by atoms with van der Waals surface area (Å²) in [6.07, 6.45) is 0.809. The summed E-state index contributed by atoms with van der Waals surface area (Å²) < 4.78 is 0. The monoisotopic (exact) mass is 220 g/mol. The van der Waals surface area contributed by atoms with E-state index in [0.717, 1.165) is 19.5 Å². The Labute approximate surface area is 96.1 Å². The van der Waals surface area contributed by atoms with Gasteiger partial charge in [0.1, 0.15) is 0 Å². The molecule has 1 heterocycles. The van der Waals surface area contributed by atoms with Gasteiger partial charge in [-0.15, -0.1) is 0 Å². The smallest absolute Gasteiger partial charge is 0.0742 e. The molecular formula is C12H16N2S. The van der Waals surface area contributed by atoms with Crippen molar-refractivity contribution in [3.63, 3.8) is 0 Å². The molecule has 0 bridgehead atoms. The Hall–Kier alpha value is -0.930. The molecule has 1 atom stereocenters. The zero-order valence-electron chi connectivity index (χ0n) is 8.94. The molecule has 2 N–H and O–H groups in total. The maximum Gasteiger partial charge on any atom is 0.0742 e. The first-order chi connectivity index (χ1) is 7.16. The van der Waals surface area contributed by atoms with Gasteiger partial charge in [0, 0.05) is 25.6 Å². The topological polar surface area (TPSA) is 29.3 Å². The normalized spacial score (nSPS) is 17.4. The summed E-state index contributed by atoms with van der Waals surface area (Å²) in [6.45, 7) is 4.24. The fraction of sp³-hybridized carbons (Fsp3) is 0.417. The summed E-state index contributed by atoms with van der Waals surface area (Å²) in [5.74, 6) is 0. The third-order valence-corrected chi connectivity index (χ3v) is 3.15. The van der Waals surface area contributed by atoms with Crippen molar-refractivity contribution in [1.29, 1.82) is 0 Å². The van der Waals surface area contributed by atoms with Crippen molar-refractivity contribution in [2.75, 3.05) is 0 Å². The van der Waals surface area contributed by atoms with Crippen LogP contribution in [-0.4, -0.2) is 15.9 Å². The number of hydrogen-bond donors (Lipinski definition) is 1. The predicted molar refractivity (Wildman–Crippen MR) is 66.6 cm³/mol. The first-order valence-corrected chi connectivity index (χ1v) is 5.67. The number of nitrogens with two attached hydrogens (primary N) is 1. The number of hydrogen-bond acceptors (Lipinski definition) is 2. The Kier molecular flexibility index (Phi) is 3.03. The molecule has 0 saturated heterocycles. The minimum absolute atomic E-state index is 0.440. The van der Waals surface area contributed by atoms with E-state index in [4.69, 9.17) is 18.0 Å². The van der Waals surface area contributed by atoms with Crippen LogP contribution in [0.4, 0.5) is 0 Å². The molecule has 1 aromatic carbocycles. The maximum absolute atomic E-state index is 5.57. The van der Waals surface area contributed by atoms with Crippen molar-refractivity contribution in [1.82, 2.24) is 4.90 Å². The lowest BCUT2D eigenvalue weighted by atomic mass is 10.1. The molecule has 0 aromatic heterocycles. The van der Waals surface area contributed by atoms with Crippen LogP contribution in [0.3, 0.4) is 0 Å². The summed E-state index contributed by atoms with van der Waals surface area (Å²) in [5.41, 5.74) is 8.45. The van der Waals surface area contributed by atoms with Gasteiger partial charge in [-0.2, -0.15) is 0 Å². The van der Waals surface area contributed by atoms with Gasteiger partial charge in [-0.05, 0) is 18.1 Å². The Morgan fingerprint density at radius 1 is 1.40 bits per heavy atom. The largest absolute Gasteiger partial charge is 0.393 e. The fourth-order valence-electron chi connectivity index (χ4n) is 2.09. The molecule has 0 amide bonds. The lowest BCUT2D eigenvalue weighted by Gasteiger charge is -2.23. The molecule has 15 heavy (non-hydrogen) atoms. The summed E-state index contributed by atoms with van der Waals surface area (Å²) in [5, 5.41) is 0. The lowest BCUT2D eigenvalue weighted by Crippen LogP contribution is -2.31. The SMILES string of the molecule is CC(CC(N)=S)N1Cc2ccccc2C1. The fourth-order valence-corrected chi connectivity index (χ4v) is 2.33. The van der Waals surface area contributed by atoms with Gasteiger partial charge in [0.05, 0.1) is 4.99 Å². The van der Waals surface area contributed by atoms with Gasteiger partial charge < -0.3 is 5.73 Å². The van der Waals surface area contributed by atoms with E-state index >= 15 is 0 Å². The van der Waals surface area contributed by atoms with Crippen LogP contribution in [0.15, 0.2) is 24.3 Å². The summed E-state index contributed by atoms with van der Waals surface area (Å²) in [6, 6.07) is 9.03. The van der Waals surface area contributed by atoms with Gasteiger partial charge in [-0.25, -0.2) is 0 Å². The predicted octanol–water partition coefficient (Wildman–Crippen LogP) is 2.07. The van der Waals surface area contributed by atoms with E-state index < -0.39 is 0 Å². The second-order valence-electron chi connectivity index (χ2n) is 4.19. The van der Waals surface area contributed by atoms with Crippen LogP contribution < -0.4 is 5.73 Å². The van der Waals surface area contributed by atoms with Gasteiger partial charge in [0.15, 0.2) is 0 Å². The van der Waals surface area contributed by atoms with Crippen molar-refractivity contribution >= 4 is 17.2 Å². The molecule has 1 aromatic rings. The third kappa shape index (κ3) is 2.36. The molecule has 2 nitrogen and oxygen atoms in total. The first-order valence-electron chi connectivity index (χ1n) is 5.26. The van der Waals surface area contributed by atoms with E-state index in [0.29, 0.717) is 11.0 Å². The highest BCUT2D eigenvalue weighted by Gasteiger charge is 2.22. The quantitative estimate of drug-likeness (QED) is 0.791. The van der Waals surface area contributed by atoms with E-state index in [1.54, 1.807) is 0 Å². The molecule has 0 aliphatic carbocycles. The van der Waals surface area contributed by atoms with Crippen LogP contribution in [0.2, 0.25) is 0 Å². The lowest BCUT2D eigenvalue weighted by molar-refractivity contribution is 0.218. The van der Waals surface area contributed by atoms with Gasteiger partial charge in [-0.1, -0.05) is 36.5 Å². The van der Waals surface area contributed by atoms with Crippen molar-refractivity contribution < 1.29 is 0 Å². The Morgan fingerprint density at radius 2 is 1.93 bits per heavy atom. The molecular weight excluding hydrogens is 204 g/mol. The molecule has 1 aliphatic rings. The molecule has 80 valence electrons. The van der Waals surface area contributed by atoms with Crippen LogP contribution >= 0.6 is 12.2 Å². The summed E-state index contributed by atoms with van der Waals surface area (Å²) in [4.78, 5) is 3.03. The summed E-state index contributed by atoms with van der Waals surface area (Å²) >= 11 is 4.94. The maximum atomic E-state index is 5.57. The Balaban J connectivity index is 2.03. The molecule has 0 radical (unpaired) electrons. The minimum atomic E-state index is 0.440. The first kappa shape index (κ1) is 10.6. The number of benzene rings is 1. The highest BCUT2D eigenvalue weighted by Crippen LogP contribution is 2.24. The van der Waals surface area contributed by atoms with Crippen molar-refractivity contribution in [3.8, 4) is 0 Å². The van der Waals surface area contributed by atoms with Crippen LogP contribution in [-0.2, 0) is 13.1 Å². The zero-order chi connectivity index (χ0) is 10.8. The highest BCUT2D eigenvalue weighted by molar-refractivity contribution is 7.80. The Bertz CT molecular complexity index is 351. The van der Waals surface area contributed by atoms with E-state index in [1.807, 2.05) is 0 Å². The number of rotatable bonds is 3. The van der Waals surface area contributed by atoms with E-state index in [2.05, 4.69) is 36.1 Å². The second kappa shape index (κ2) is 4.29. The molecule has 0 saturated carbocycles. The number of fused-ring (bicyclic) bond motifs is 1. The summed E-state index contributed by atoms with van der Waals surface area (Å²) in [7, 11) is 0.